The third-order valence-corrected chi connectivity index (χ3v) is 4.68. The summed E-state index contributed by atoms with van der Waals surface area (Å²) in [6.45, 7) is 8.47. The van der Waals surface area contributed by atoms with Crippen LogP contribution in [0.2, 0.25) is 0 Å². The standard InChI is InChI=1S/C23H33N3O3.HI/c1-7-24-23(25-14-17(3)19-10-8-9-16(2)11-19)26-15-18-12-20(27-4)22(29-6)21(13-18)28-5;/h8-13,17H,7,14-15H2,1-6H3,(H2,24,25,26);1H. The molecule has 1 atom stereocenters. The number of rotatable bonds is 9. The summed E-state index contributed by atoms with van der Waals surface area (Å²) in [6, 6.07) is 12.5. The number of nitrogens with one attached hydrogen (secondary N) is 2. The molecular formula is C23H34IN3O3. The summed E-state index contributed by atoms with van der Waals surface area (Å²) in [4.78, 5) is 4.72. The van der Waals surface area contributed by atoms with Gasteiger partial charge in [-0.15, -0.1) is 24.0 Å². The topological polar surface area (TPSA) is 64.1 Å². The molecule has 166 valence electrons. The highest BCUT2D eigenvalue weighted by Gasteiger charge is 2.13. The maximum Gasteiger partial charge on any atom is 0.203 e. The van der Waals surface area contributed by atoms with Crippen molar-refractivity contribution in [2.24, 2.45) is 4.99 Å². The molecule has 0 spiro atoms. The molecule has 30 heavy (non-hydrogen) atoms. The van der Waals surface area contributed by atoms with Gasteiger partial charge in [-0.1, -0.05) is 36.8 Å². The van der Waals surface area contributed by atoms with Crippen LogP contribution in [-0.4, -0.2) is 40.4 Å². The van der Waals surface area contributed by atoms with Crippen LogP contribution in [0.5, 0.6) is 17.2 Å². The summed E-state index contributed by atoms with van der Waals surface area (Å²) in [7, 11) is 4.83. The molecule has 0 saturated heterocycles. The first kappa shape index (κ1) is 25.9. The molecule has 2 aromatic carbocycles. The molecule has 0 aliphatic carbocycles. The third kappa shape index (κ3) is 7.27. The first-order chi connectivity index (χ1) is 14.0. The van der Waals surface area contributed by atoms with Crippen molar-refractivity contribution in [2.45, 2.75) is 33.2 Å². The Labute approximate surface area is 197 Å². The summed E-state index contributed by atoms with van der Waals surface area (Å²) < 4.78 is 16.2. The number of aliphatic imine (C=N–C) groups is 1. The molecule has 1 unspecified atom stereocenters. The number of ether oxygens (including phenoxy) is 3. The van der Waals surface area contributed by atoms with Gasteiger partial charge in [0.05, 0.1) is 27.9 Å². The normalized spacial score (nSPS) is 11.9. The number of methoxy groups -OCH3 is 3. The Balaban J connectivity index is 0.00000450. The van der Waals surface area contributed by atoms with Crippen LogP contribution in [-0.2, 0) is 6.54 Å². The van der Waals surface area contributed by atoms with Gasteiger partial charge >= 0.3 is 0 Å². The lowest BCUT2D eigenvalue weighted by Crippen LogP contribution is -2.39. The number of halogens is 1. The number of nitrogens with zero attached hydrogens (tertiary/aromatic N) is 1. The van der Waals surface area contributed by atoms with Crippen molar-refractivity contribution in [1.29, 1.82) is 0 Å². The quantitative estimate of drug-likeness (QED) is 0.286. The monoisotopic (exact) mass is 527 g/mol. The lowest BCUT2D eigenvalue weighted by molar-refractivity contribution is 0.324. The van der Waals surface area contributed by atoms with E-state index in [-0.39, 0.29) is 24.0 Å². The second-order valence-corrected chi connectivity index (χ2v) is 6.92. The van der Waals surface area contributed by atoms with E-state index >= 15 is 0 Å². The smallest absolute Gasteiger partial charge is 0.203 e. The van der Waals surface area contributed by atoms with Gasteiger partial charge in [0.1, 0.15) is 0 Å². The highest BCUT2D eigenvalue weighted by atomic mass is 127. The van der Waals surface area contributed by atoms with Crippen LogP contribution < -0.4 is 24.8 Å². The molecule has 0 aliphatic heterocycles. The van der Waals surface area contributed by atoms with Crippen molar-refractivity contribution < 1.29 is 14.2 Å². The van der Waals surface area contributed by atoms with Crippen LogP contribution in [0.4, 0.5) is 0 Å². The molecule has 0 amide bonds. The maximum absolute atomic E-state index is 5.43. The van der Waals surface area contributed by atoms with E-state index < -0.39 is 0 Å². The van der Waals surface area contributed by atoms with E-state index in [1.54, 1.807) is 21.3 Å². The Bertz CT molecular complexity index is 802. The van der Waals surface area contributed by atoms with Gasteiger partial charge in [-0.2, -0.15) is 0 Å². The van der Waals surface area contributed by atoms with Gasteiger partial charge in [-0.05, 0) is 43.0 Å². The van der Waals surface area contributed by atoms with E-state index in [1.807, 2.05) is 12.1 Å². The fraction of sp³-hybridized carbons (Fsp3) is 0.435. The lowest BCUT2D eigenvalue weighted by atomic mass is 9.99. The Kier molecular flexibility index (Phi) is 11.4. The van der Waals surface area contributed by atoms with Gasteiger partial charge in [0.2, 0.25) is 5.75 Å². The Morgan fingerprint density at radius 2 is 1.67 bits per heavy atom. The van der Waals surface area contributed by atoms with E-state index in [2.05, 4.69) is 55.7 Å². The first-order valence-corrected chi connectivity index (χ1v) is 9.90. The highest BCUT2D eigenvalue weighted by Crippen LogP contribution is 2.38. The number of hydrogen-bond acceptors (Lipinski definition) is 4. The van der Waals surface area contributed by atoms with Crippen LogP contribution in [0.1, 0.15) is 36.5 Å². The summed E-state index contributed by atoms with van der Waals surface area (Å²) in [5, 5.41) is 6.74. The van der Waals surface area contributed by atoms with Crippen molar-refractivity contribution in [1.82, 2.24) is 10.6 Å². The van der Waals surface area contributed by atoms with Gasteiger partial charge in [0, 0.05) is 13.1 Å². The molecule has 0 bridgehead atoms. The minimum Gasteiger partial charge on any atom is -0.493 e. The molecule has 0 aromatic heterocycles. The van der Waals surface area contributed by atoms with Crippen molar-refractivity contribution in [3.63, 3.8) is 0 Å². The number of guanidine groups is 1. The third-order valence-electron chi connectivity index (χ3n) is 4.68. The molecule has 2 aromatic rings. The molecule has 2 N–H and O–H groups in total. The minimum atomic E-state index is 0. The van der Waals surface area contributed by atoms with Gasteiger partial charge < -0.3 is 24.8 Å². The zero-order valence-electron chi connectivity index (χ0n) is 18.7. The second-order valence-electron chi connectivity index (χ2n) is 6.92. The van der Waals surface area contributed by atoms with E-state index in [0.29, 0.717) is 29.7 Å². The summed E-state index contributed by atoms with van der Waals surface area (Å²) in [6.07, 6.45) is 0. The van der Waals surface area contributed by atoms with E-state index in [9.17, 15) is 0 Å². The largest absolute Gasteiger partial charge is 0.493 e. The average Bonchev–Trinajstić information content (AvgIpc) is 2.74. The van der Waals surface area contributed by atoms with Crippen molar-refractivity contribution in [2.75, 3.05) is 34.4 Å². The van der Waals surface area contributed by atoms with Crippen molar-refractivity contribution >= 4 is 29.9 Å². The number of hydrogen-bond donors (Lipinski definition) is 2. The summed E-state index contributed by atoms with van der Waals surface area (Å²) in [5.74, 6) is 2.99. The Morgan fingerprint density at radius 3 is 2.20 bits per heavy atom. The molecular weight excluding hydrogens is 493 g/mol. The van der Waals surface area contributed by atoms with Gasteiger partial charge in [0.15, 0.2) is 17.5 Å². The van der Waals surface area contributed by atoms with Crippen LogP contribution in [0.25, 0.3) is 0 Å². The Hall–Kier alpha value is -2.16. The zero-order chi connectivity index (χ0) is 21.2. The predicted molar refractivity (Wildman–Crippen MR) is 134 cm³/mol. The van der Waals surface area contributed by atoms with E-state index in [0.717, 1.165) is 24.6 Å². The Morgan fingerprint density at radius 1 is 1.00 bits per heavy atom. The first-order valence-electron chi connectivity index (χ1n) is 9.90. The number of aryl methyl sites for hydroxylation is 1. The van der Waals surface area contributed by atoms with Gasteiger partial charge in [-0.25, -0.2) is 4.99 Å². The molecule has 0 fully saturated rings. The molecule has 6 nitrogen and oxygen atoms in total. The van der Waals surface area contributed by atoms with Crippen molar-refractivity contribution in [3.05, 3.63) is 53.1 Å². The number of benzene rings is 2. The van der Waals surface area contributed by atoms with Crippen LogP contribution in [0, 0.1) is 6.92 Å². The molecule has 0 saturated carbocycles. The highest BCUT2D eigenvalue weighted by molar-refractivity contribution is 14.0. The molecule has 0 radical (unpaired) electrons. The predicted octanol–water partition coefficient (Wildman–Crippen LogP) is 4.50. The van der Waals surface area contributed by atoms with Crippen LogP contribution in [0.3, 0.4) is 0 Å². The molecule has 0 aliphatic rings. The van der Waals surface area contributed by atoms with Gasteiger partial charge in [-0.3, -0.25) is 0 Å². The zero-order valence-corrected chi connectivity index (χ0v) is 21.1. The van der Waals surface area contributed by atoms with Gasteiger partial charge in [0.25, 0.3) is 0 Å². The molecule has 2 rings (SSSR count). The summed E-state index contributed by atoms with van der Waals surface area (Å²) in [5.41, 5.74) is 3.57. The van der Waals surface area contributed by atoms with Crippen LogP contribution in [0.15, 0.2) is 41.4 Å². The lowest BCUT2D eigenvalue weighted by Gasteiger charge is -2.17. The molecule has 0 heterocycles. The fourth-order valence-corrected chi connectivity index (χ4v) is 3.08. The minimum absolute atomic E-state index is 0. The van der Waals surface area contributed by atoms with E-state index in [1.165, 1.54) is 11.1 Å². The second kappa shape index (κ2) is 13.2. The van der Waals surface area contributed by atoms with Crippen LogP contribution >= 0.6 is 24.0 Å². The summed E-state index contributed by atoms with van der Waals surface area (Å²) >= 11 is 0. The SMILES string of the molecule is CCNC(=NCc1cc(OC)c(OC)c(OC)c1)NCC(C)c1cccc(C)c1.I. The maximum atomic E-state index is 5.43. The molecule has 7 heteroatoms. The van der Waals surface area contributed by atoms with E-state index in [4.69, 9.17) is 19.2 Å². The fourth-order valence-electron chi connectivity index (χ4n) is 3.08. The average molecular weight is 527 g/mol. The van der Waals surface area contributed by atoms with Crippen molar-refractivity contribution in [3.8, 4) is 17.2 Å².